The first-order valence-electron chi connectivity index (χ1n) is 10.5. The van der Waals surface area contributed by atoms with E-state index in [9.17, 15) is 0 Å². The maximum Gasteiger partial charge on any atom is 0.225 e. The molecule has 6 nitrogen and oxygen atoms in total. The van der Waals surface area contributed by atoms with Gasteiger partial charge in [-0.25, -0.2) is 9.97 Å². The van der Waals surface area contributed by atoms with Crippen molar-refractivity contribution in [1.29, 1.82) is 0 Å². The summed E-state index contributed by atoms with van der Waals surface area (Å²) in [7, 11) is 0. The molecule has 0 aromatic carbocycles. The lowest BCUT2D eigenvalue weighted by atomic mass is 9.95. The van der Waals surface area contributed by atoms with Crippen LogP contribution in [-0.4, -0.2) is 85.2 Å². The summed E-state index contributed by atoms with van der Waals surface area (Å²) in [6, 6.07) is 1.89. The van der Waals surface area contributed by atoms with Crippen LogP contribution >= 0.6 is 0 Å². The highest BCUT2D eigenvalue weighted by Gasteiger charge is 2.25. The molecule has 1 N–H and O–H groups in total. The zero-order valence-electron chi connectivity index (χ0n) is 16.0. The van der Waals surface area contributed by atoms with Crippen LogP contribution in [-0.2, 0) is 0 Å². The normalized spacial score (nSPS) is 24.8. The highest BCUT2D eigenvalue weighted by atomic mass is 15.3. The molecule has 4 rings (SSSR count). The van der Waals surface area contributed by atoms with Gasteiger partial charge in [-0.15, -0.1) is 0 Å². The largest absolute Gasteiger partial charge is 0.341 e. The van der Waals surface area contributed by atoms with E-state index < -0.39 is 0 Å². The monoisotopic (exact) mass is 358 g/mol. The number of piperidine rings is 2. The van der Waals surface area contributed by atoms with Crippen LogP contribution in [0, 0.1) is 11.8 Å². The van der Waals surface area contributed by atoms with Crippen molar-refractivity contribution in [2.45, 2.75) is 25.7 Å². The standard InChI is InChI=1S/C20H34N6/c1-6-22-20(23-7-1)26-10-4-19(5-11-26)17-25-14-12-24(13-15-25)16-18-2-8-21-9-3-18/h1,6-7,18-19,21H,2-5,8-17H2. The van der Waals surface area contributed by atoms with Crippen molar-refractivity contribution < 1.29 is 0 Å². The molecule has 3 fully saturated rings. The number of hydrogen-bond donors (Lipinski definition) is 1. The van der Waals surface area contributed by atoms with Crippen LogP contribution in [0.25, 0.3) is 0 Å². The Morgan fingerprint density at radius 1 is 0.769 bits per heavy atom. The molecule has 1 aromatic heterocycles. The molecule has 6 heteroatoms. The fraction of sp³-hybridized carbons (Fsp3) is 0.800. The van der Waals surface area contributed by atoms with Crippen LogP contribution in [0.4, 0.5) is 5.95 Å². The second-order valence-corrected chi connectivity index (χ2v) is 8.27. The summed E-state index contributed by atoms with van der Waals surface area (Å²) >= 11 is 0. The Kier molecular flexibility index (Phi) is 6.35. The molecule has 0 unspecified atom stereocenters. The van der Waals surface area contributed by atoms with Crippen molar-refractivity contribution in [2.24, 2.45) is 11.8 Å². The minimum atomic E-state index is 0.839. The Labute approximate surface area is 158 Å². The van der Waals surface area contributed by atoms with Crippen molar-refractivity contribution in [3.05, 3.63) is 18.5 Å². The minimum absolute atomic E-state index is 0.839. The summed E-state index contributed by atoms with van der Waals surface area (Å²) in [6.45, 7) is 12.3. The second-order valence-electron chi connectivity index (χ2n) is 8.27. The van der Waals surface area contributed by atoms with E-state index in [1.807, 2.05) is 18.5 Å². The molecule has 0 amide bonds. The van der Waals surface area contributed by atoms with Crippen molar-refractivity contribution >= 4 is 5.95 Å². The molecule has 3 saturated heterocycles. The maximum atomic E-state index is 4.39. The van der Waals surface area contributed by atoms with Crippen LogP contribution in [0.3, 0.4) is 0 Å². The van der Waals surface area contributed by atoms with Crippen molar-refractivity contribution in [3.63, 3.8) is 0 Å². The topological polar surface area (TPSA) is 47.5 Å². The second kappa shape index (κ2) is 9.11. The lowest BCUT2D eigenvalue weighted by Gasteiger charge is -2.40. The Balaban J connectivity index is 1.15. The van der Waals surface area contributed by atoms with Crippen LogP contribution < -0.4 is 10.2 Å². The van der Waals surface area contributed by atoms with Crippen LogP contribution in [0.2, 0.25) is 0 Å². The van der Waals surface area contributed by atoms with Gasteiger partial charge in [0.05, 0.1) is 0 Å². The SMILES string of the molecule is c1cnc(N2CCC(CN3CCN(CC4CCNCC4)CC3)CC2)nc1. The predicted molar refractivity (Wildman–Crippen MR) is 105 cm³/mol. The minimum Gasteiger partial charge on any atom is -0.341 e. The number of hydrogen-bond acceptors (Lipinski definition) is 6. The number of anilines is 1. The van der Waals surface area contributed by atoms with E-state index in [2.05, 4.69) is 30.0 Å². The Morgan fingerprint density at radius 2 is 1.31 bits per heavy atom. The zero-order chi connectivity index (χ0) is 17.6. The van der Waals surface area contributed by atoms with Gasteiger partial charge in [0.2, 0.25) is 5.95 Å². The van der Waals surface area contributed by atoms with E-state index in [0.717, 1.165) is 30.9 Å². The van der Waals surface area contributed by atoms with Crippen molar-refractivity contribution in [2.75, 3.05) is 70.3 Å². The van der Waals surface area contributed by atoms with Gasteiger partial charge >= 0.3 is 0 Å². The number of rotatable bonds is 5. The summed E-state index contributed by atoms with van der Waals surface area (Å²) in [6.07, 6.45) is 8.96. The highest BCUT2D eigenvalue weighted by Crippen LogP contribution is 2.22. The third-order valence-electron chi connectivity index (χ3n) is 6.41. The molecule has 0 aliphatic carbocycles. The van der Waals surface area contributed by atoms with Gasteiger partial charge in [-0.3, -0.25) is 0 Å². The van der Waals surface area contributed by atoms with Crippen molar-refractivity contribution in [3.8, 4) is 0 Å². The lowest BCUT2D eigenvalue weighted by Crippen LogP contribution is -2.50. The fourth-order valence-corrected chi connectivity index (χ4v) is 4.72. The first kappa shape index (κ1) is 18.1. The third kappa shape index (κ3) is 4.93. The van der Waals surface area contributed by atoms with Gasteiger partial charge in [0.1, 0.15) is 0 Å². The zero-order valence-corrected chi connectivity index (χ0v) is 16.0. The average molecular weight is 359 g/mol. The van der Waals surface area contributed by atoms with E-state index in [-0.39, 0.29) is 0 Å². The summed E-state index contributed by atoms with van der Waals surface area (Å²) in [5.74, 6) is 2.66. The van der Waals surface area contributed by atoms with Gasteiger partial charge in [0.25, 0.3) is 0 Å². The smallest absolute Gasteiger partial charge is 0.225 e. The number of piperazine rings is 1. The van der Waals surface area contributed by atoms with Gasteiger partial charge in [-0.05, 0) is 56.7 Å². The molecule has 0 saturated carbocycles. The third-order valence-corrected chi connectivity index (χ3v) is 6.41. The van der Waals surface area contributed by atoms with Crippen LogP contribution in [0.5, 0.6) is 0 Å². The predicted octanol–water partition coefficient (Wildman–Crippen LogP) is 1.31. The molecule has 4 heterocycles. The molecule has 0 bridgehead atoms. The molecule has 0 radical (unpaired) electrons. The molecule has 144 valence electrons. The van der Waals surface area contributed by atoms with E-state index in [4.69, 9.17) is 0 Å². The summed E-state index contributed by atoms with van der Waals surface area (Å²) < 4.78 is 0. The molecule has 1 aromatic rings. The molecule has 3 aliphatic rings. The van der Waals surface area contributed by atoms with Crippen LogP contribution in [0.15, 0.2) is 18.5 Å². The van der Waals surface area contributed by atoms with Gasteiger partial charge < -0.3 is 20.0 Å². The highest BCUT2D eigenvalue weighted by molar-refractivity contribution is 5.28. The molecular formula is C20H34N6. The first-order valence-corrected chi connectivity index (χ1v) is 10.5. The van der Waals surface area contributed by atoms with E-state index in [1.165, 1.54) is 78.0 Å². The number of nitrogens with zero attached hydrogens (tertiary/aromatic N) is 5. The van der Waals surface area contributed by atoms with Crippen LogP contribution in [0.1, 0.15) is 25.7 Å². The number of aromatic nitrogens is 2. The molecule has 26 heavy (non-hydrogen) atoms. The quantitative estimate of drug-likeness (QED) is 0.856. The Bertz CT molecular complexity index is 516. The van der Waals surface area contributed by atoms with Gasteiger partial charge in [-0.2, -0.15) is 0 Å². The van der Waals surface area contributed by atoms with Crippen molar-refractivity contribution in [1.82, 2.24) is 25.1 Å². The molecule has 0 spiro atoms. The van der Waals surface area contributed by atoms with Gasteiger partial charge in [0, 0.05) is 64.8 Å². The lowest BCUT2D eigenvalue weighted by molar-refractivity contribution is 0.0961. The molecule has 0 atom stereocenters. The fourth-order valence-electron chi connectivity index (χ4n) is 4.72. The first-order chi connectivity index (χ1) is 12.9. The Hall–Kier alpha value is -1.24. The Morgan fingerprint density at radius 3 is 1.88 bits per heavy atom. The summed E-state index contributed by atoms with van der Waals surface area (Å²) in [5, 5.41) is 3.48. The van der Waals surface area contributed by atoms with E-state index in [1.54, 1.807) is 0 Å². The van der Waals surface area contributed by atoms with E-state index >= 15 is 0 Å². The molecular weight excluding hydrogens is 324 g/mol. The van der Waals surface area contributed by atoms with Gasteiger partial charge in [-0.1, -0.05) is 0 Å². The van der Waals surface area contributed by atoms with Gasteiger partial charge in [0.15, 0.2) is 0 Å². The average Bonchev–Trinajstić information content (AvgIpc) is 2.72. The molecule has 3 aliphatic heterocycles. The number of nitrogens with one attached hydrogen (secondary N) is 1. The van der Waals surface area contributed by atoms with E-state index in [0.29, 0.717) is 0 Å². The maximum absolute atomic E-state index is 4.39. The summed E-state index contributed by atoms with van der Waals surface area (Å²) in [5.41, 5.74) is 0. The summed E-state index contributed by atoms with van der Waals surface area (Å²) in [4.78, 5) is 16.5.